The van der Waals surface area contributed by atoms with Gasteiger partial charge in [0.25, 0.3) is 0 Å². The number of aromatic amines is 1. The Labute approximate surface area is 238 Å². The Balaban J connectivity index is 0.000000254. The van der Waals surface area contributed by atoms with Crippen molar-refractivity contribution in [1.29, 1.82) is 0 Å². The van der Waals surface area contributed by atoms with Gasteiger partial charge in [0, 0.05) is 22.9 Å². The lowest BCUT2D eigenvalue weighted by molar-refractivity contribution is -0.170. The van der Waals surface area contributed by atoms with Gasteiger partial charge in [-0.3, -0.25) is 14.5 Å². The average Bonchev–Trinajstić information content (AvgIpc) is 3.28. The molecule has 0 amide bonds. The van der Waals surface area contributed by atoms with Gasteiger partial charge in [-0.2, -0.15) is 0 Å². The lowest BCUT2D eigenvalue weighted by atomic mass is 9.67. The summed E-state index contributed by atoms with van der Waals surface area (Å²) in [6.07, 6.45) is 3.27. The lowest BCUT2D eigenvalue weighted by Crippen LogP contribution is -2.51. The Morgan fingerprint density at radius 3 is 2.02 bits per heavy atom. The quantitative estimate of drug-likeness (QED) is 0.284. The Morgan fingerprint density at radius 2 is 1.49 bits per heavy atom. The van der Waals surface area contributed by atoms with Crippen molar-refractivity contribution in [3.8, 4) is 0 Å². The highest BCUT2D eigenvalue weighted by Crippen LogP contribution is 2.53. The molecule has 10 nitrogen and oxygen atoms in total. The number of aliphatic carboxylic acids is 3. The van der Waals surface area contributed by atoms with E-state index >= 15 is 0 Å². The van der Waals surface area contributed by atoms with Gasteiger partial charge in [-0.15, -0.1) is 0 Å². The van der Waals surface area contributed by atoms with Gasteiger partial charge in [0.05, 0.1) is 24.6 Å². The van der Waals surface area contributed by atoms with Gasteiger partial charge >= 0.3 is 17.9 Å². The number of rotatable bonds is 7. The first-order valence-electron chi connectivity index (χ1n) is 13.7. The van der Waals surface area contributed by atoms with Gasteiger partial charge < -0.3 is 30.1 Å². The van der Waals surface area contributed by atoms with Crippen molar-refractivity contribution in [2.75, 3.05) is 14.1 Å². The fourth-order valence-electron chi connectivity index (χ4n) is 6.47. The van der Waals surface area contributed by atoms with Gasteiger partial charge in [-0.05, 0) is 63.9 Å². The van der Waals surface area contributed by atoms with Crippen LogP contribution in [0.2, 0.25) is 0 Å². The number of hydrogen-bond acceptors (Lipinski definition) is 6. The van der Waals surface area contributed by atoms with E-state index in [0.717, 1.165) is 32.1 Å². The smallest absolute Gasteiger partial charge is 0.336 e. The predicted octanol–water partition coefficient (Wildman–Crippen LogP) is 4.11. The Kier molecular flexibility index (Phi) is 8.58. The molecule has 5 rings (SSSR count). The van der Waals surface area contributed by atoms with Gasteiger partial charge in [0.1, 0.15) is 5.60 Å². The van der Waals surface area contributed by atoms with E-state index in [-0.39, 0.29) is 17.2 Å². The molecule has 10 heteroatoms. The van der Waals surface area contributed by atoms with E-state index in [1.165, 1.54) is 27.7 Å². The third-order valence-electron chi connectivity index (χ3n) is 8.53. The fourth-order valence-corrected chi connectivity index (χ4v) is 6.47. The molecule has 3 aromatic rings. The van der Waals surface area contributed by atoms with Crippen LogP contribution in [0.4, 0.5) is 0 Å². The molecule has 1 unspecified atom stereocenters. The highest BCUT2D eigenvalue weighted by molar-refractivity contribution is 5.88. The molecule has 2 heterocycles. The van der Waals surface area contributed by atoms with E-state index < -0.39 is 36.4 Å². The van der Waals surface area contributed by atoms with Crippen molar-refractivity contribution < 1.29 is 39.5 Å². The largest absolute Gasteiger partial charge is 0.481 e. The number of nitrogens with zero attached hydrogens (tertiary/aromatic N) is 1. The number of para-hydroxylation sites is 1. The van der Waals surface area contributed by atoms with Gasteiger partial charge in [0.15, 0.2) is 5.60 Å². The maximum Gasteiger partial charge on any atom is 0.336 e. The third kappa shape index (κ3) is 6.00. The molecule has 0 bridgehead atoms. The zero-order chi connectivity index (χ0) is 30.0. The van der Waals surface area contributed by atoms with E-state index in [0.29, 0.717) is 0 Å². The number of aromatic nitrogens is 1. The molecule has 1 atom stereocenters. The SMILES string of the molecule is CC1Cc2c([nH]c3ccccc23)C2(CCC(c3ccccc3)(N(C)C)CC2)O1.O=C(O)CC(O)(CC(=O)O)C(=O)O. The molecule has 2 aliphatic rings. The normalized spacial score (nSPS) is 24.0. The van der Waals surface area contributed by atoms with Crippen LogP contribution < -0.4 is 0 Å². The lowest BCUT2D eigenvalue weighted by Gasteiger charge is -2.51. The Morgan fingerprint density at radius 1 is 0.927 bits per heavy atom. The molecule has 1 spiro atoms. The summed E-state index contributed by atoms with van der Waals surface area (Å²) in [6.45, 7) is 2.23. The van der Waals surface area contributed by atoms with Crippen LogP contribution in [-0.4, -0.2) is 74.0 Å². The number of ether oxygens (including phenoxy) is 1. The van der Waals surface area contributed by atoms with Crippen LogP contribution in [0.15, 0.2) is 54.6 Å². The maximum atomic E-state index is 10.3. The Hall–Kier alpha value is -3.73. The second kappa shape index (κ2) is 11.6. The molecular weight excluding hydrogens is 528 g/mol. The number of nitrogens with one attached hydrogen (secondary N) is 1. The summed E-state index contributed by atoms with van der Waals surface area (Å²) < 4.78 is 6.73. The molecule has 1 aromatic heterocycles. The van der Waals surface area contributed by atoms with Gasteiger partial charge in [-0.25, -0.2) is 4.79 Å². The maximum absolute atomic E-state index is 10.3. The number of fused-ring (bicyclic) bond motifs is 4. The van der Waals surface area contributed by atoms with Gasteiger partial charge in [-0.1, -0.05) is 48.5 Å². The molecule has 220 valence electrons. The minimum Gasteiger partial charge on any atom is -0.481 e. The summed E-state index contributed by atoms with van der Waals surface area (Å²) in [5.74, 6) is -5.02. The molecule has 1 aliphatic carbocycles. The van der Waals surface area contributed by atoms with Crippen molar-refractivity contribution in [2.24, 2.45) is 0 Å². The number of carboxylic acid groups (broad SMARTS) is 3. The highest BCUT2D eigenvalue weighted by atomic mass is 16.5. The second-order valence-electron chi connectivity index (χ2n) is 11.4. The van der Waals surface area contributed by atoms with E-state index in [9.17, 15) is 14.4 Å². The zero-order valence-corrected chi connectivity index (χ0v) is 23.6. The molecule has 41 heavy (non-hydrogen) atoms. The van der Waals surface area contributed by atoms with Crippen molar-refractivity contribution in [2.45, 2.75) is 74.7 Å². The number of aliphatic hydroxyl groups is 1. The number of H-pyrrole nitrogens is 1. The summed E-state index contributed by atoms with van der Waals surface area (Å²) in [5, 5.41) is 35.2. The van der Waals surface area contributed by atoms with Crippen molar-refractivity contribution >= 4 is 28.8 Å². The van der Waals surface area contributed by atoms with Crippen LogP contribution in [0.1, 0.15) is 62.3 Å². The first-order valence-corrected chi connectivity index (χ1v) is 13.7. The monoisotopic (exact) mass is 566 g/mol. The number of benzene rings is 2. The van der Waals surface area contributed by atoms with Gasteiger partial charge in [0.2, 0.25) is 0 Å². The summed E-state index contributed by atoms with van der Waals surface area (Å²) in [7, 11) is 4.45. The molecule has 0 radical (unpaired) electrons. The third-order valence-corrected chi connectivity index (χ3v) is 8.53. The first-order chi connectivity index (χ1) is 19.3. The van der Waals surface area contributed by atoms with Crippen molar-refractivity contribution in [3.05, 3.63) is 71.4 Å². The van der Waals surface area contributed by atoms with Crippen LogP contribution in [0, 0.1) is 0 Å². The van der Waals surface area contributed by atoms with E-state index in [1.54, 1.807) is 0 Å². The number of hydrogen-bond donors (Lipinski definition) is 5. The topological polar surface area (TPSA) is 160 Å². The van der Waals surface area contributed by atoms with Crippen LogP contribution in [0.25, 0.3) is 10.9 Å². The Bertz CT molecular complexity index is 1390. The molecule has 5 N–H and O–H groups in total. The second-order valence-corrected chi connectivity index (χ2v) is 11.4. The summed E-state index contributed by atoms with van der Waals surface area (Å²) in [5.41, 5.74) is 2.66. The standard InChI is InChI=1S/C25H30N2O.C6H8O7/c1-18-17-21-20-11-7-8-12-22(20)26-23(21)25(28-18)15-13-24(14-16-25,27(2)3)19-9-5-4-6-10-19;7-3(8)1-6(13,5(11)12)2-4(9)10/h4-12,18,26H,13-17H2,1-3H3;13H,1-2H2,(H,7,8)(H,9,10)(H,11,12). The van der Waals surface area contributed by atoms with Crippen LogP contribution >= 0.6 is 0 Å². The molecule has 0 saturated heterocycles. The molecular formula is C31H38N2O8. The molecule has 1 fully saturated rings. The van der Waals surface area contributed by atoms with Crippen molar-refractivity contribution in [1.82, 2.24) is 9.88 Å². The summed E-state index contributed by atoms with van der Waals surface area (Å²) >= 11 is 0. The molecule has 1 aliphatic heterocycles. The van der Waals surface area contributed by atoms with Crippen LogP contribution in [0.3, 0.4) is 0 Å². The van der Waals surface area contributed by atoms with E-state index in [2.05, 4.69) is 85.5 Å². The van der Waals surface area contributed by atoms with Crippen LogP contribution in [0.5, 0.6) is 0 Å². The zero-order valence-electron chi connectivity index (χ0n) is 23.6. The predicted molar refractivity (Wildman–Crippen MR) is 152 cm³/mol. The first kappa shape index (κ1) is 30.2. The van der Waals surface area contributed by atoms with Crippen molar-refractivity contribution in [3.63, 3.8) is 0 Å². The number of carbonyl (C=O) groups is 3. The van der Waals surface area contributed by atoms with Crippen LogP contribution in [-0.2, 0) is 36.7 Å². The molecule has 1 saturated carbocycles. The highest BCUT2D eigenvalue weighted by Gasteiger charge is 2.50. The fraction of sp³-hybridized carbons (Fsp3) is 0.452. The minimum absolute atomic E-state index is 0.0860. The minimum atomic E-state index is -2.74. The average molecular weight is 567 g/mol. The molecule has 2 aromatic carbocycles. The number of carboxylic acids is 3. The summed E-state index contributed by atoms with van der Waals surface area (Å²) in [4.78, 5) is 36.7. The summed E-state index contributed by atoms with van der Waals surface area (Å²) in [6, 6.07) is 19.7. The van der Waals surface area contributed by atoms with E-state index in [1.807, 2.05) is 0 Å². The van der Waals surface area contributed by atoms with E-state index in [4.69, 9.17) is 25.2 Å².